The highest BCUT2D eigenvalue weighted by Gasteiger charge is 2.58. The van der Waals surface area contributed by atoms with Crippen molar-refractivity contribution in [3.63, 3.8) is 0 Å². The van der Waals surface area contributed by atoms with Gasteiger partial charge in [0.1, 0.15) is 0 Å². The fourth-order valence-corrected chi connectivity index (χ4v) is 327. The Morgan fingerprint density at radius 3 is 0.636 bits per heavy atom. The summed E-state index contributed by atoms with van der Waals surface area (Å²) in [5.74, 6) is 0. The SMILES string of the molecule is CCCC[Si](C)(C)O[Si](=O)[Si](=O)[Si](=O)[Si](=O)[Si](=O)[Si](=O)[Si](=O)[Si](=O)[Si](=O)[Si](=O)[Si](=O)[Si](=O)[Si](=O)[Si](=O)[Si](=O)[Si](=O)[Si](=O)[Si](=O)[Si](=O)[Si](=O)[Si](=O)[Si](=O)[Si](=O)[Si](=O)[Si](=O)[Si](=O)[Si](=O)[Si](=O)[SiH]=O. The van der Waals surface area contributed by atoms with Gasteiger partial charge in [-0.25, -0.2) is 0 Å². The van der Waals surface area contributed by atoms with E-state index in [1.54, 1.807) is 13.1 Å². The van der Waals surface area contributed by atoms with Gasteiger partial charge in [-0.05, 0) is 19.1 Å². The van der Waals surface area contributed by atoms with E-state index in [9.17, 15) is 129 Å². The minimum Gasteiger partial charge on any atom is -0.578 e. The summed E-state index contributed by atoms with van der Waals surface area (Å²) in [6.45, 7) is 4.99. The Bertz CT molecular complexity index is 2690. The lowest BCUT2D eigenvalue weighted by molar-refractivity contribution is 0.457. The third-order valence-corrected chi connectivity index (χ3v) is 226. The Balaban J connectivity index is 5.86. The number of rotatable bonds is 33. The number of hydrogen-bond acceptors (Lipinski definition) is 30. The van der Waals surface area contributed by atoms with Gasteiger partial charge in [0.15, 0.2) is 0 Å². The smallest absolute Gasteiger partial charge is 0.532 e. The summed E-state index contributed by atoms with van der Waals surface area (Å²) in [6, 6.07) is 0.429. The minimum absolute atomic E-state index is 0.429. The van der Waals surface area contributed by atoms with Crippen LogP contribution >= 0.6 is 0 Å². The van der Waals surface area contributed by atoms with Crippen LogP contribution in [0.4, 0.5) is 0 Å². The van der Waals surface area contributed by atoms with Crippen molar-refractivity contribution in [2.45, 2.75) is 38.9 Å². The van der Waals surface area contributed by atoms with E-state index in [1.165, 1.54) is 0 Å². The maximum Gasteiger partial charge on any atom is 0.532 e. The highest BCUT2D eigenvalue weighted by molar-refractivity contribution is 7.84. The van der Waals surface area contributed by atoms with Crippen molar-refractivity contribution >= 4 is 234 Å². The van der Waals surface area contributed by atoms with Gasteiger partial charge in [-0.2, -0.15) is 0 Å². The zero-order chi connectivity index (χ0) is 52.2. The van der Waals surface area contributed by atoms with Crippen molar-refractivity contribution in [1.82, 2.24) is 0 Å². The van der Waals surface area contributed by atoms with Crippen LogP contribution in [0, 0.1) is 0 Å². The molecule has 60 heteroatoms. The molecule has 0 atom stereocenters. The predicted octanol–water partition coefficient (Wildman–Crippen LogP) is -12.3. The van der Waals surface area contributed by atoms with E-state index in [0.29, 0.717) is 18.9 Å². The molecule has 0 aromatic heterocycles. The molecule has 0 aliphatic rings. The summed E-state index contributed by atoms with van der Waals surface area (Å²) >= 11 is 0. The van der Waals surface area contributed by atoms with E-state index in [1.807, 2.05) is 6.92 Å². The van der Waals surface area contributed by atoms with Crippen LogP contribution in [0.2, 0.25) is 19.1 Å². The van der Waals surface area contributed by atoms with E-state index >= 15 is 0 Å². The fourth-order valence-electron chi connectivity index (χ4n) is 3.68. The largest absolute Gasteiger partial charge is 0.578 e. The van der Waals surface area contributed by atoms with Crippen molar-refractivity contribution in [2.24, 2.45) is 0 Å². The van der Waals surface area contributed by atoms with Crippen molar-refractivity contribution in [3.05, 3.63) is 0 Å². The van der Waals surface area contributed by atoms with Gasteiger partial charge in [0, 0.05) is 0 Å². The number of hydrogen-bond donors (Lipinski definition) is 0. The first-order chi connectivity index (χ1) is 30.1. The van der Waals surface area contributed by atoms with E-state index in [-0.39, 0.29) is 0 Å². The molecule has 0 radical (unpaired) electrons. The van der Waals surface area contributed by atoms with Gasteiger partial charge in [0.25, 0.3) is 0 Å². The molecule has 0 amide bonds. The molecule has 66 heavy (non-hydrogen) atoms. The molecule has 340 valence electrons. The van der Waals surface area contributed by atoms with E-state index in [2.05, 4.69) is 0 Å². The van der Waals surface area contributed by atoms with E-state index < -0.39 is 234 Å². The molecule has 0 bridgehead atoms. The molecule has 0 saturated carbocycles. The minimum atomic E-state index is -4.68. The molecule has 0 N–H and O–H groups in total. The molecule has 0 aliphatic carbocycles. The monoisotopic (exact) mass is 1410 g/mol. The molecular weight excluding hydrogens is 1390 g/mol. The van der Waals surface area contributed by atoms with Crippen molar-refractivity contribution < 1.29 is 134 Å². The Hall–Kier alpha value is 0.506. The van der Waals surface area contributed by atoms with Crippen LogP contribution in [0.15, 0.2) is 0 Å². The Morgan fingerprint density at radius 2 is 0.470 bits per heavy atom. The molecule has 0 aromatic rings. The fraction of sp³-hybridized carbons (Fsp3) is 1.00. The topological polar surface area (TPSA) is 504 Å². The van der Waals surface area contributed by atoms with E-state index in [4.69, 9.17) is 4.12 Å². The maximum absolute atomic E-state index is 12.7. The Labute approximate surface area is 402 Å². The summed E-state index contributed by atoms with van der Waals surface area (Å²) in [5.41, 5.74) is 0. The van der Waals surface area contributed by atoms with E-state index in [0.717, 1.165) is 0 Å². The standard InChI is InChI=1S/C6H16O30Si30/c1-4-5-6-66(2,3)36-38(8)40(10)42(12)44(14)46(16)48(18)50(20)52(22)54(24)56(26)58(28)60(30)62(32)64(34)65(35)63(33)61(31)59(29)57(27)55(25)53(23)51(21)49(19)47(17)45(15)43(13)41(11)39(9)37-7/h37H,4-6H2,1-3H3. The van der Waals surface area contributed by atoms with Crippen LogP contribution in [0.5, 0.6) is 0 Å². The summed E-state index contributed by atoms with van der Waals surface area (Å²) in [6.07, 6.45) is 1.32. The highest BCUT2D eigenvalue weighted by Crippen LogP contribution is 2.14. The lowest BCUT2D eigenvalue weighted by atomic mass is 10.4. The Kier molecular flexibility index (Phi) is 30.1. The summed E-state index contributed by atoms with van der Waals surface area (Å²) in [5, 5.41) is 0. The first-order valence-electron chi connectivity index (χ1n) is 16.5. The Morgan fingerprint density at radius 1 is 0.303 bits per heavy atom. The second-order valence-electron chi connectivity index (χ2n) is 12.3. The molecule has 0 saturated heterocycles. The number of unbranched alkanes of at least 4 members (excludes halogenated alkanes) is 1. The van der Waals surface area contributed by atoms with Crippen LogP contribution in [-0.2, 0) is 134 Å². The lowest BCUT2D eigenvalue weighted by Gasteiger charge is -2.22. The zero-order valence-electron chi connectivity index (χ0n) is 32.4. The second-order valence-corrected chi connectivity index (χ2v) is 152. The molecule has 0 heterocycles. The maximum atomic E-state index is 12.7. The lowest BCUT2D eigenvalue weighted by Crippen LogP contribution is -2.57. The summed E-state index contributed by atoms with van der Waals surface area (Å²) in [7, 11) is -128. The van der Waals surface area contributed by atoms with Crippen molar-refractivity contribution in [3.8, 4) is 0 Å². The van der Waals surface area contributed by atoms with Gasteiger partial charge >= 0.3 is 226 Å². The van der Waals surface area contributed by atoms with Gasteiger partial charge in [-0.1, -0.05) is 19.8 Å². The zero-order valence-corrected chi connectivity index (χ0v) is 62.6. The highest BCUT2D eigenvalue weighted by atomic mass is 30.1. The van der Waals surface area contributed by atoms with Gasteiger partial charge in [-0.3, -0.25) is 0 Å². The average molecular weight is 1410 g/mol. The molecule has 0 fully saturated rings. The summed E-state index contributed by atoms with van der Waals surface area (Å²) in [4.78, 5) is 0. The van der Waals surface area contributed by atoms with Crippen LogP contribution < -0.4 is 0 Å². The third kappa shape index (κ3) is 17.9. The second kappa shape index (κ2) is 29.9. The molecule has 0 spiro atoms. The molecule has 30 nitrogen and oxygen atoms in total. The first kappa shape index (κ1) is 66.5. The molecule has 0 rings (SSSR count). The normalized spacial score (nSPS) is 10.2. The van der Waals surface area contributed by atoms with Crippen LogP contribution in [0.25, 0.3) is 0 Å². The van der Waals surface area contributed by atoms with Gasteiger partial charge < -0.3 is 134 Å². The molecule has 0 aliphatic heterocycles. The predicted molar refractivity (Wildman–Crippen MR) is 226 cm³/mol. The first-order valence-corrected chi connectivity index (χ1v) is 88.2. The molecule has 0 aromatic carbocycles. The van der Waals surface area contributed by atoms with Gasteiger partial charge in [0.05, 0.1) is 0 Å². The quantitative estimate of drug-likeness (QED) is 0.0551. The van der Waals surface area contributed by atoms with Gasteiger partial charge in [0.2, 0.25) is 8.32 Å². The third-order valence-electron chi connectivity index (χ3n) is 7.17. The van der Waals surface area contributed by atoms with Crippen LogP contribution in [-0.4, -0.2) is 234 Å². The summed E-state index contributed by atoms with van der Waals surface area (Å²) < 4.78 is 366. The molecule has 0 unspecified atom stereocenters. The van der Waals surface area contributed by atoms with Crippen LogP contribution in [0.1, 0.15) is 19.8 Å². The van der Waals surface area contributed by atoms with Crippen molar-refractivity contribution in [2.75, 3.05) is 0 Å². The molecular formula is C6H16O30Si30. The van der Waals surface area contributed by atoms with Gasteiger partial charge in [-0.15, -0.1) is 0 Å². The van der Waals surface area contributed by atoms with Crippen LogP contribution in [0.3, 0.4) is 0 Å². The van der Waals surface area contributed by atoms with Crippen molar-refractivity contribution in [1.29, 1.82) is 0 Å². The average Bonchev–Trinajstić information content (AvgIpc) is 3.30.